The lowest BCUT2D eigenvalue weighted by molar-refractivity contribution is -0.137. The number of para-hydroxylation sites is 2. The van der Waals surface area contributed by atoms with E-state index in [-0.39, 0.29) is 11.8 Å². The summed E-state index contributed by atoms with van der Waals surface area (Å²) in [6.07, 6.45) is 0.581. The monoisotopic (exact) mass is 394 g/mol. The Labute approximate surface area is 171 Å². The van der Waals surface area contributed by atoms with Gasteiger partial charge in [-0.3, -0.25) is 14.5 Å². The number of benzene rings is 2. The van der Waals surface area contributed by atoms with Gasteiger partial charge in [-0.15, -0.1) is 0 Å². The van der Waals surface area contributed by atoms with Crippen LogP contribution >= 0.6 is 0 Å². The van der Waals surface area contributed by atoms with Gasteiger partial charge in [-0.25, -0.2) is 0 Å². The molecule has 0 unspecified atom stereocenters. The molecule has 0 bridgehead atoms. The highest BCUT2D eigenvalue weighted by molar-refractivity contribution is 6.37. The Morgan fingerprint density at radius 2 is 1.62 bits per heavy atom. The summed E-state index contributed by atoms with van der Waals surface area (Å²) >= 11 is 0. The number of methoxy groups -OCH3 is 2. The summed E-state index contributed by atoms with van der Waals surface area (Å²) in [6, 6.07) is 16.9. The Balaban J connectivity index is 2.14. The first-order valence-electron chi connectivity index (χ1n) is 9.69. The number of carbonyl (C=O) groups is 2. The van der Waals surface area contributed by atoms with Crippen LogP contribution < -0.4 is 9.64 Å². The average Bonchev–Trinajstić information content (AvgIpc) is 3.00. The molecule has 0 N–H and O–H groups in total. The number of nitrogens with zero attached hydrogens (tertiary/aromatic N) is 2. The van der Waals surface area contributed by atoms with Crippen molar-refractivity contribution in [2.24, 2.45) is 0 Å². The van der Waals surface area contributed by atoms with Crippen LogP contribution in [0.15, 0.2) is 60.3 Å². The zero-order valence-electron chi connectivity index (χ0n) is 17.1. The van der Waals surface area contributed by atoms with Gasteiger partial charge < -0.3 is 14.4 Å². The molecule has 6 heteroatoms. The van der Waals surface area contributed by atoms with Crippen molar-refractivity contribution in [2.45, 2.75) is 13.3 Å². The molecule has 0 spiro atoms. The van der Waals surface area contributed by atoms with Crippen LogP contribution in [0.2, 0.25) is 0 Å². The maximum Gasteiger partial charge on any atom is 0.278 e. The molecule has 1 aliphatic rings. The third kappa shape index (κ3) is 4.03. The fourth-order valence-corrected chi connectivity index (χ4v) is 3.56. The van der Waals surface area contributed by atoms with E-state index < -0.39 is 0 Å². The number of hydrogen-bond donors (Lipinski definition) is 0. The van der Waals surface area contributed by atoms with Crippen molar-refractivity contribution >= 4 is 23.1 Å². The zero-order valence-corrected chi connectivity index (χ0v) is 17.1. The lowest BCUT2D eigenvalue weighted by Gasteiger charge is -2.25. The van der Waals surface area contributed by atoms with E-state index in [9.17, 15) is 9.59 Å². The van der Waals surface area contributed by atoms with E-state index in [0.717, 1.165) is 5.69 Å². The van der Waals surface area contributed by atoms with Gasteiger partial charge in [0.2, 0.25) is 0 Å². The second kappa shape index (κ2) is 9.39. The Kier molecular flexibility index (Phi) is 6.67. The van der Waals surface area contributed by atoms with Crippen molar-refractivity contribution < 1.29 is 19.1 Å². The number of amides is 2. The number of likely N-dealkylation sites (N-methyl/N-ethyl adjacent to an activating group) is 1. The van der Waals surface area contributed by atoms with E-state index in [1.54, 1.807) is 20.3 Å². The number of ether oxygens (including phenoxy) is 2. The Bertz CT molecular complexity index is 908. The molecule has 1 heterocycles. The van der Waals surface area contributed by atoms with Crippen molar-refractivity contribution in [3.63, 3.8) is 0 Å². The minimum atomic E-state index is -0.306. The maximum atomic E-state index is 13.4. The third-order valence-electron chi connectivity index (χ3n) is 4.90. The fourth-order valence-electron chi connectivity index (χ4n) is 3.56. The number of carbonyl (C=O) groups excluding carboxylic acids is 2. The van der Waals surface area contributed by atoms with Gasteiger partial charge in [0, 0.05) is 38.1 Å². The van der Waals surface area contributed by atoms with Crippen molar-refractivity contribution in [3.05, 3.63) is 65.9 Å². The molecule has 1 aliphatic heterocycles. The highest BCUT2D eigenvalue weighted by atomic mass is 16.5. The summed E-state index contributed by atoms with van der Waals surface area (Å²) in [5.74, 6) is -0.0401. The second-order valence-electron chi connectivity index (χ2n) is 6.61. The topological polar surface area (TPSA) is 59.1 Å². The maximum absolute atomic E-state index is 13.4. The van der Waals surface area contributed by atoms with Crippen LogP contribution in [-0.4, -0.2) is 50.6 Å². The van der Waals surface area contributed by atoms with Crippen molar-refractivity contribution in [2.75, 3.05) is 38.8 Å². The summed E-state index contributed by atoms with van der Waals surface area (Å²) in [7, 11) is 3.16. The molecule has 2 aromatic carbocycles. The van der Waals surface area contributed by atoms with Gasteiger partial charge >= 0.3 is 0 Å². The summed E-state index contributed by atoms with van der Waals surface area (Å²) < 4.78 is 10.6. The van der Waals surface area contributed by atoms with Gasteiger partial charge in [-0.1, -0.05) is 36.4 Å². The van der Waals surface area contributed by atoms with Crippen LogP contribution in [0.25, 0.3) is 5.57 Å². The standard InChI is InChI=1S/C23H26N2O4/c1-4-24(17-11-6-5-7-12-17)21-20(18-13-8-9-14-19(18)29-3)22(26)25(23(21)27)15-10-16-28-2/h5-9,11-14H,4,10,15-16H2,1-3H3. The predicted molar refractivity (Wildman–Crippen MR) is 113 cm³/mol. The van der Waals surface area contributed by atoms with Gasteiger partial charge in [0.15, 0.2) is 0 Å². The molecule has 0 radical (unpaired) electrons. The molecule has 0 aromatic heterocycles. The smallest absolute Gasteiger partial charge is 0.278 e. The van der Waals surface area contributed by atoms with Crippen molar-refractivity contribution in [1.82, 2.24) is 4.90 Å². The zero-order chi connectivity index (χ0) is 20.8. The van der Waals surface area contributed by atoms with Crippen LogP contribution in [0.1, 0.15) is 18.9 Å². The first-order valence-corrected chi connectivity index (χ1v) is 9.69. The Morgan fingerprint density at radius 3 is 2.28 bits per heavy atom. The van der Waals surface area contributed by atoms with E-state index >= 15 is 0 Å². The van der Waals surface area contributed by atoms with Gasteiger partial charge in [0.25, 0.3) is 11.8 Å². The molecule has 0 saturated heterocycles. The Morgan fingerprint density at radius 1 is 0.931 bits per heavy atom. The van der Waals surface area contributed by atoms with E-state index in [4.69, 9.17) is 9.47 Å². The molecule has 0 fully saturated rings. The quantitative estimate of drug-likeness (QED) is 0.482. The normalized spacial score (nSPS) is 14.0. The Hall–Kier alpha value is -3.12. The van der Waals surface area contributed by atoms with Gasteiger partial charge in [0.1, 0.15) is 11.4 Å². The SMILES string of the molecule is CCN(C1=C(c2ccccc2OC)C(=O)N(CCCOC)C1=O)c1ccccc1. The number of hydrogen-bond acceptors (Lipinski definition) is 5. The minimum absolute atomic E-state index is 0.294. The van der Waals surface area contributed by atoms with Crippen LogP contribution in [-0.2, 0) is 14.3 Å². The summed E-state index contributed by atoms with van der Waals surface area (Å²) in [5, 5.41) is 0. The number of rotatable bonds is 9. The van der Waals surface area contributed by atoms with Gasteiger partial charge in [-0.2, -0.15) is 0 Å². The van der Waals surface area contributed by atoms with Crippen LogP contribution in [0, 0.1) is 0 Å². The second-order valence-corrected chi connectivity index (χ2v) is 6.61. The highest BCUT2D eigenvalue weighted by Gasteiger charge is 2.42. The summed E-state index contributed by atoms with van der Waals surface area (Å²) in [5.41, 5.74) is 2.23. The molecule has 6 nitrogen and oxygen atoms in total. The van der Waals surface area contributed by atoms with E-state index in [1.807, 2.05) is 60.4 Å². The van der Waals surface area contributed by atoms with Crippen LogP contribution in [0.5, 0.6) is 5.75 Å². The van der Waals surface area contributed by atoms with Crippen LogP contribution in [0.4, 0.5) is 5.69 Å². The molecule has 152 valence electrons. The van der Waals surface area contributed by atoms with Crippen molar-refractivity contribution in [3.8, 4) is 5.75 Å². The highest BCUT2D eigenvalue weighted by Crippen LogP contribution is 2.37. The molecule has 0 atom stereocenters. The summed E-state index contributed by atoms with van der Waals surface area (Å²) in [4.78, 5) is 30.0. The molecule has 2 aromatic rings. The molecular formula is C23H26N2O4. The van der Waals surface area contributed by atoms with E-state index in [0.29, 0.717) is 48.7 Å². The van der Waals surface area contributed by atoms with E-state index in [1.165, 1.54) is 4.90 Å². The minimum Gasteiger partial charge on any atom is -0.496 e. The molecular weight excluding hydrogens is 368 g/mol. The molecule has 0 saturated carbocycles. The molecule has 0 aliphatic carbocycles. The summed E-state index contributed by atoms with van der Waals surface area (Å²) in [6.45, 7) is 3.29. The predicted octanol–water partition coefficient (Wildman–Crippen LogP) is 3.34. The molecule has 29 heavy (non-hydrogen) atoms. The lowest BCUT2D eigenvalue weighted by atomic mass is 10.0. The third-order valence-corrected chi connectivity index (χ3v) is 4.90. The molecule has 2 amide bonds. The fraction of sp³-hybridized carbons (Fsp3) is 0.304. The largest absolute Gasteiger partial charge is 0.496 e. The first-order chi connectivity index (χ1) is 14.1. The van der Waals surface area contributed by atoms with Crippen LogP contribution in [0.3, 0.4) is 0 Å². The number of anilines is 1. The first kappa shape index (κ1) is 20.6. The molecule has 3 rings (SSSR count). The lowest BCUT2D eigenvalue weighted by Crippen LogP contribution is -2.36. The van der Waals surface area contributed by atoms with E-state index in [2.05, 4.69) is 0 Å². The van der Waals surface area contributed by atoms with Gasteiger partial charge in [-0.05, 0) is 31.5 Å². The van der Waals surface area contributed by atoms with Gasteiger partial charge in [0.05, 0.1) is 12.7 Å². The number of imide groups is 1. The van der Waals surface area contributed by atoms with Crippen molar-refractivity contribution in [1.29, 1.82) is 0 Å². The average molecular weight is 394 g/mol.